The number of amides is 1. The molecule has 0 saturated carbocycles. The second-order valence-electron chi connectivity index (χ2n) is 4.53. The summed E-state index contributed by atoms with van der Waals surface area (Å²) in [5.41, 5.74) is 6.51. The quantitative estimate of drug-likeness (QED) is 0.794. The Hall–Kier alpha value is -1.88. The van der Waals surface area contributed by atoms with Crippen LogP contribution < -0.4 is 11.1 Å². The molecular weight excluding hydrogens is 244 g/mol. The van der Waals surface area contributed by atoms with Crippen LogP contribution in [0.5, 0.6) is 0 Å². The molecule has 0 heterocycles. The topological polar surface area (TPSA) is 81.4 Å². The zero-order valence-electron chi connectivity index (χ0n) is 11.5. The lowest BCUT2D eigenvalue weighted by Gasteiger charge is -2.16. The molecule has 0 aliphatic carbocycles. The van der Waals surface area contributed by atoms with E-state index in [1.54, 1.807) is 31.2 Å². The number of hydrogen-bond donors (Lipinski definition) is 2. The van der Waals surface area contributed by atoms with Gasteiger partial charge in [0.25, 0.3) is 0 Å². The first-order chi connectivity index (χ1) is 8.97. The van der Waals surface area contributed by atoms with Crippen LogP contribution in [0.1, 0.15) is 31.1 Å². The first-order valence-electron chi connectivity index (χ1n) is 6.30. The minimum absolute atomic E-state index is 0.0229. The zero-order chi connectivity index (χ0) is 14.4. The Kier molecular flexibility index (Phi) is 5.51. The number of carbonyl (C=O) groups is 2. The van der Waals surface area contributed by atoms with Gasteiger partial charge in [-0.25, -0.2) is 4.79 Å². The Bertz CT molecular complexity index is 458. The highest BCUT2D eigenvalue weighted by molar-refractivity contribution is 6.02. The van der Waals surface area contributed by atoms with Crippen LogP contribution in [0.25, 0.3) is 0 Å². The third-order valence-electron chi connectivity index (χ3n) is 2.70. The first-order valence-corrected chi connectivity index (χ1v) is 6.30. The van der Waals surface area contributed by atoms with Crippen LogP contribution in [0.4, 0.5) is 5.69 Å². The average Bonchev–Trinajstić information content (AvgIpc) is 2.38. The minimum atomic E-state index is -0.616. The van der Waals surface area contributed by atoms with Crippen molar-refractivity contribution in [1.82, 2.24) is 0 Å². The van der Waals surface area contributed by atoms with E-state index in [1.807, 2.05) is 13.8 Å². The molecular formula is C14H20N2O3. The SMILES string of the molecule is CCOC(=O)c1ccccc1NC(=O)C(N)C(C)C. The van der Waals surface area contributed by atoms with Gasteiger partial charge < -0.3 is 15.8 Å². The van der Waals surface area contributed by atoms with E-state index in [4.69, 9.17) is 10.5 Å². The average molecular weight is 264 g/mol. The largest absolute Gasteiger partial charge is 0.462 e. The van der Waals surface area contributed by atoms with Gasteiger partial charge in [0, 0.05) is 0 Å². The summed E-state index contributed by atoms with van der Waals surface area (Å²) >= 11 is 0. The van der Waals surface area contributed by atoms with Gasteiger partial charge >= 0.3 is 5.97 Å². The fourth-order valence-electron chi connectivity index (χ4n) is 1.50. The highest BCUT2D eigenvalue weighted by Gasteiger charge is 2.20. The summed E-state index contributed by atoms with van der Waals surface area (Å²) in [7, 11) is 0. The van der Waals surface area contributed by atoms with E-state index < -0.39 is 12.0 Å². The van der Waals surface area contributed by atoms with Gasteiger partial charge in [-0.05, 0) is 25.0 Å². The Morgan fingerprint density at radius 2 is 1.95 bits per heavy atom. The van der Waals surface area contributed by atoms with Crippen LogP contribution in [0.3, 0.4) is 0 Å². The van der Waals surface area contributed by atoms with Gasteiger partial charge in [0.2, 0.25) is 5.91 Å². The van der Waals surface area contributed by atoms with Crippen LogP contribution in [-0.4, -0.2) is 24.5 Å². The maximum Gasteiger partial charge on any atom is 0.340 e. The summed E-state index contributed by atoms with van der Waals surface area (Å²) in [5.74, 6) is -0.752. The Morgan fingerprint density at radius 3 is 2.53 bits per heavy atom. The molecule has 1 amide bonds. The number of para-hydroxylation sites is 1. The molecule has 3 N–H and O–H groups in total. The van der Waals surface area contributed by atoms with Gasteiger partial charge in [0.1, 0.15) is 0 Å². The molecule has 0 aliphatic rings. The molecule has 1 unspecified atom stereocenters. The Morgan fingerprint density at radius 1 is 1.32 bits per heavy atom. The lowest BCUT2D eigenvalue weighted by molar-refractivity contribution is -0.118. The molecule has 1 atom stereocenters. The number of nitrogens with two attached hydrogens (primary N) is 1. The Balaban J connectivity index is 2.89. The first kappa shape index (κ1) is 15.2. The van der Waals surface area contributed by atoms with Crippen LogP contribution in [0.15, 0.2) is 24.3 Å². The third-order valence-corrected chi connectivity index (χ3v) is 2.70. The van der Waals surface area contributed by atoms with Crippen molar-refractivity contribution >= 4 is 17.6 Å². The molecule has 19 heavy (non-hydrogen) atoms. The van der Waals surface area contributed by atoms with E-state index >= 15 is 0 Å². The Labute approximate surface area is 113 Å². The summed E-state index contributed by atoms with van der Waals surface area (Å²) in [5, 5.41) is 2.67. The third kappa shape index (κ3) is 4.06. The van der Waals surface area contributed by atoms with E-state index in [2.05, 4.69) is 5.32 Å². The molecule has 0 saturated heterocycles. The lowest BCUT2D eigenvalue weighted by Crippen LogP contribution is -2.40. The number of hydrogen-bond acceptors (Lipinski definition) is 4. The van der Waals surface area contributed by atoms with Crippen molar-refractivity contribution in [3.63, 3.8) is 0 Å². The smallest absolute Gasteiger partial charge is 0.340 e. The molecule has 1 aromatic rings. The summed E-state index contributed by atoms with van der Waals surface area (Å²) < 4.78 is 4.94. The zero-order valence-corrected chi connectivity index (χ0v) is 11.5. The van der Waals surface area contributed by atoms with Crippen molar-refractivity contribution in [3.05, 3.63) is 29.8 Å². The predicted octanol–water partition coefficient (Wildman–Crippen LogP) is 1.79. The summed E-state index contributed by atoms with van der Waals surface area (Å²) in [6.45, 7) is 5.74. The van der Waals surface area contributed by atoms with Crippen LogP contribution >= 0.6 is 0 Å². The summed E-state index contributed by atoms with van der Waals surface area (Å²) in [6, 6.07) is 6.09. The lowest BCUT2D eigenvalue weighted by atomic mass is 10.0. The molecule has 5 nitrogen and oxygen atoms in total. The van der Waals surface area contributed by atoms with Crippen LogP contribution in [0.2, 0.25) is 0 Å². The van der Waals surface area contributed by atoms with Gasteiger partial charge in [-0.3, -0.25) is 4.79 Å². The number of nitrogens with one attached hydrogen (secondary N) is 1. The number of esters is 1. The van der Waals surface area contributed by atoms with Crippen molar-refractivity contribution in [2.24, 2.45) is 11.7 Å². The maximum absolute atomic E-state index is 11.9. The maximum atomic E-state index is 11.9. The molecule has 104 valence electrons. The number of carbonyl (C=O) groups excluding carboxylic acids is 2. The second kappa shape index (κ2) is 6.89. The molecule has 1 aromatic carbocycles. The second-order valence-corrected chi connectivity index (χ2v) is 4.53. The van der Waals surface area contributed by atoms with Crippen molar-refractivity contribution < 1.29 is 14.3 Å². The summed E-state index contributed by atoms with van der Waals surface area (Å²) in [6.07, 6.45) is 0. The molecule has 1 rings (SSSR count). The number of anilines is 1. The molecule has 0 spiro atoms. The van der Waals surface area contributed by atoms with Gasteiger partial charge in [-0.1, -0.05) is 26.0 Å². The van der Waals surface area contributed by atoms with Gasteiger partial charge in [-0.2, -0.15) is 0 Å². The normalized spacial score (nSPS) is 12.1. The van der Waals surface area contributed by atoms with E-state index in [-0.39, 0.29) is 18.4 Å². The van der Waals surface area contributed by atoms with Crippen molar-refractivity contribution in [3.8, 4) is 0 Å². The molecule has 0 radical (unpaired) electrons. The van der Waals surface area contributed by atoms with E-state index in [1.165, 1.54) is 0 Å². The van der Waals surface area contributed by atoms with Gasteiger partial charge in [-0.15, -0.1) is 0 Å². The van der Waals surface area contributed by atoms with Crippen molar-refractivity contribution in [1.29, 1.82) is 0 Å². The standard InChI is InChI=1S/C14H20N2O3/c1-4-19-14(18)10-7-5-6-8-11(10)16-13(17)12(15)9(2)3/h5-9,12H,4,15H2,1-3H3,(H,16,17). The predicted molar refractivity (Wildman–Crippen MR) is 73.8 cm³/mol. The van der Waals surface area contributed by atoms with Crippen molar-refractivity contribution in [2.45, 2.75) is 26.8 Å². The fourth-order valence-corrected chi connectivity index (χ4v) is 1.50. The van der Waals surface area contributed by atoms with E-state index in [0.29, 0.717) is 11.3 Å². The van der Waals surface area contributed by atoms with Crippen LogP contribution in [-0.2, 0) is 9.53 Å². The summed E-state index contributed by atoms with van der Waals surface area (Å²) in [4.78, 5) is 23.6. The van der Waals surface area contributed by atoms with E-state index in [0.717, 1.165) is 0 Å². The number of benzene rings is 1. The molecule has 0 fully saturated rings. The van der Waals surface area contributed by atoms with Gasteiger partial charge in [0.15, 0.2) is 0 Å². The fraction of sp³-hybridized carbons (Fsp3) is 0.429. The highest BCUT2D eigenvalue weighted by Crippen LogP contribution is 2.17. The molecule has 5 heteroatoms. The molecule has 0 bridgehead atoms. The molecule has 0 aromatic heterocycles. The molecule has 0 aliphatic heterocycles. The number of ether oxygens (including phenoxy) is 1. The van der Waals surface area contributed by atoms with Crippen LogP contribution in [0, 0.1) is 5.92 Å². The monoisotopic (exact) mass is 264 g/mol. The van der Waals surface area contributed by atoms with Gasteiger partial charge in [0.05, 0.1) is 23.9 Å². The van der Waals surface area contributed by atoms with E-state index in [9.17, 15) is 9.59 Å². The number of rotatable bonds is 5. The highest BCUT2D eigenvalue weighted by atomic mass is 16.5. The van der Waals surface area contributed by atoms with Crippen molar-refractivity contribution in [2.75, 3.05) is 11.9 Å². The minimum Gasteiger partial charge on any atom is -0.462 e.